The Bertz CT molecular complexity index is 214. The first kappa shape index (κ1) is 14.8. The lowest BCUT2D eigenvalue weighted by Crippen LogP contribution is -2.37. The van der Waals surface area contributed by atoms with E-state index in [9.17, 15) is 0 Å². The van der Waals surface area contributed by atoms with E-state index < -0.39 is 0 Å². The molecule has 0 N–H and O–H groups in total. The molecular formula is C14H26BrNO2. The fraction of sp³-hybridized carbons (Fsp3) is 1.00. The summed E-state index contributed by atoms with van der Waals surface area (Å²) in [7, 11) is 0. The fourth-order valence-corrected chi connectivity index (χ4v) is 3.11. The second-order valence-corrected chi connectivity index (χ2v) is 6.17. The highest BCUT2D eigenvalue weighted by Crippen LogP contribution is 2.18. The van der Waals surface area contributed by atoms with Gasteiger partial charge < -0.3 is 14.4 Å². The third kappa shape index (κ3) is 5.16. The summed E-state index contributed by atoms with van der Waals surface area (Å²) in [4.78, 5) is 2.59. The van der Waals surface area contributed by atoms with Crippen LogP contribution in [0, 0.1) is 0 Å². The molecule has 3 nitrogen and oxygen atoms in total. The van der Waals surface area contributed by atoms with Gasteiger partial charge >= 0.3 is 0 Å². The molecule has 0 saturated carbocycles. The molecule has 0 spiro atoms. The summed E-state index contributed by atoms with van der Waals surface area (Å²) in [5.41, 5.74) is 0. The van der Waals surface area contributed by atoms with Gasteiger partial charge in [0, 0.05) is 25.0 Å². The van der Waals surface area contributed by atoms with Gasteiger partial charge in [0.1, 0.15) is 0 Å². The van der Waals surface area contributed by atoms with Crippen LogP contribution in [0.3, 0.4) is 0 Å². The third-order valence-electron chi connectivity index (χ3n) is 3.99. The van der Waals surface area contributed by atoms with Gasteiger partial charge in [0.05, 0.1) is 18.8 Å². The van der Waals surface area contributed by atoms with Crippen LogP contribution >= 0.6 is 15.9 Å². The van der Waals surface area contributed by atoms with Gasteiger partial charge in [-0.15, -0.1) is 0 Å². The minimum atomic E-state index is 0.497. The maximum atomic E-state index is 5.77. The molecule has 0 radical (unpaired) electrons. The van der Waals surface area contributed by atoms with Crippen molar-refractivity contribution in [3.8, 4) is 0 Å². The van der Waals surface area contributed by atoms with Crippen molar-refractivity contribution < 1.29 is 9.47 Å². The smallest absolute Gasteiger partial charge is 0.0599 e. The molecule has 0 bridgehead atoms. The van der Waals surface area contributed by atoms with Crippen LogP contribution in [0.5, 0.6) is 0 Å². The number of hydrogen-bond donors (Lipinski definition) is 0. The van der Waals surface area contributed by atoms with E-state index in [1.54, 1.807) is 0 Å². The average Bonchev–Trinajstić information content (AvgIpc) is 2.91. The average molecular weight is 320 g/mol. The summed E-state index contributed by atoms with van der Waals surface area (Å²) in [6, 6.07) is 0. The molecule has 0 aromatic heterocycles. The van der Waals surface area contributed by atoms with Crippen molar-refractivity contribution in [2.75, 3.05) is 38.2 Å². The Hall–Kier alpha value is 0.360. The van der Waals surface area contributed by atoms with E-state index in [1.165, 1.54) is 58.2 Å². The molecule has 0 aromatic carbocycles. The maximum Gasteiger partial charge on any atom is 0.0599 e. The van der Waals surface area contributed by atoms with Crippen molar-refractivity contribution >= 4 is 15.9 Å². The Morgan fingerprint density at radius 1 is 1.22 bits per heavy atom. The zero-order valence-corrected chi connectivity index (χ0v) is 12.9. The van der Waals surface area contributed by atoms with Crippen LogP contribution in [0.15, 0.2) is 0 Å². The molecule has 0 aliphatic carbocycles. The minimum Gasteiger partial charge on any atom is -0.378 e. The number of piperidine rings is 1. The van der Waals surface area contributed by atoms with Gasteiger partial charge in [-0.2, -0.15) is 0 Å². The summed E-state index contributed by atoms with van der Waals surface area (Å²) in [6.07, 6.45) is 8.54. The summed E-state index contributed by atoms with van der Waals surface area (Å²) < 4.78 is 11.4. The first-order chi connectivity index (χ1) is 8.88. The first-order valence-electron chi connectivity index (χ1n) is 7.40. The monoisotopic (exact) mass is 319 g/mol. The van der Waals surface area contributed by atoms with Gasteiger partial charge in [-0.3, -0.25) is 0 Å². The predicted molar refractivity (Wildman–Crippen MR) is 77.4 cm³/mol. The molecule has 18 heavy (non-hydrogen) atoms. The standard InChI is InChI=1S/C14H26BrNO2/c15-7-12-18-14-5-9-16(10-6-14)8-1-3-13-4-2-11-17-13/h13-14H,1-12H2. The molecule has 2 rings (SSSR count). The summed E-state index contributed by atoms with van der Waals surface area (Å²) in [6.45, 7) is 5.49. The van der Waals surface area contributed by atoms with E-state index >= 15 is 0 Å². The largest absolute Gasteiger partial charge is 0.378 e. The number of likely N-dealkylation sites (tertiary alicyclic amines) is 1. The molecular weight excluding hydrogens is 294 g/mol. The molecule has 2 aliphatic rings. The molecule has 1 unspecified atom stereocenters. The highest BCUT2D eigenvalue weighted by atomic mass is 79.9. The number of rotatable bonds is 7. The highest BCUT2D eigenvalue weighted by Gasteiger charge is 2.20. The van der Waals surface area contributed by atoms with Crippen molar-refractivity contribution in [3.63, 3.8) is 0 Å². The molecule has 0 aromatic rings. The van der Waals surface area contributed by atoms with Crippen LogP contribution in [0.4, 0.5) is 0 Å². The van der Waals surface area contributed by atoms with Gasteiger partial charge in [-0.05, 0) is 45.1 Å². The minimum absolute atomic E-state index is 0.497. The SMILES string of the molecule is BrCCOC1CCN(CCCC2CCCO2)CC1. The van der Waals surface area contributed by atoms with Gasteiger partial charge in [0.2, 0.25) is 0 Å². The van der Waals surface area contributed by atoms with Crippen LogP contribution in [0.1, 0.15) is 38.5 Å². The summed E-state index contributed by atoms with van der Waals surface area (Å²) >= 11 is 3.41. The summed E-state index contributed by atoms with van der Waals surface area (Å²) in [5, 5.41) is 0.953. The second-order valence-electron chi connectivity index (χ2n) is 5.38. The van der Waals surface area contributed by atoms with E-state index in [0.29, 0.717) is 12.2 Å². The lowest BCUT2D eigenvalue weighted by Gasteiger charge is -2.32. The quantitative estimate of drug-likeness (QED) is 0.673. The van der Waals surface area contributed by atoms with Gasteiger partial charge in [0.25, 0.3) is 0 Å². The zero-order chi connectivity index (χ0) is 12.6. The van der Waals surface area contributed by atoms with Crippen molar-refractivity contribution in [3.05, 3.63) is 0 Å². The Morgan fingerprint density at radius 3 is 2.72 bits per heavy atom. The van der Waals surface area contributed by atoms with Crippen LogP contribution in [-0.4, -0.2) is 55.3 Å². The van der Waals surface area contributed by atoms with Crippen LogP contribution < -0.4 is 0 Å². The Kier molecular flexibility index (Phi) is 6.98. The van der Waals surface area contributed by atoms with Gasteiger partial charge in [-0.1, -0.05) is 15.9 Å². The third-order valence-corrected chi connectivity index (χ3v) is 4.31. The molecule has 106 valence electrons. The van der Waals surface area contributed by atoms with Crippen molar-refractivity contribution in [2.45, 2.75) is 50.7 Å². The molecule has 2 heterocycles. The number of nitrogens with zero attached hydrogens (tertiary/aromatic N) is 1. The molecule has 4 heteroatoms. The fourth-order valence-electron chi connectivity index (χ4n) is 2.93. The maximum absolute atomic E-state index is 5.77. The first-order valence-corrected chi connectivity index (χ1v) is 8.52. The molecule has 1 atom stereocenters. The van der Waals surface area contributed by atoms with Crippen molar-refractivity contribution in [1.29, 1.82) is 0 Å². The number of ether oxygens (including phenoxy) is 2. The molecule has 2 fully saturated rings. The topological polar surface area (TPSA) is 21.7 Å². The lowest BCUT2D eigenvalue weighted by atomic mass is 10.1. The Balaban J connectivity index is 1.50. The van der Waals surface area contributed by atoms with Crippen molar-refractivity contribution in [2.24, 2.45) is 0 Å². The molecule has 2 saturated heterocycles. The van der Waals surface area contributed by atoms with Crippen LogP contribution in [0.2, 0.25) is 0 Å². The number of hydrogen-bond acceptors (Lipinski definition) is 3. The lowest BCUT2D eigenvalue weighted by molar-refractivity contribution is 0.0145. The van der Waals surface area contributed by atoms with Crippen molar-refractivity contribution in [1.82, 2.24) is 4.90 Å². The number of halogens is 1. The van der Waals surface area contributed by atoms with Crippen LogP contribution in [0.25, 0.3) is 0 Å². The Labute approximate surface area is 119 Å². The second kappa shape index (κ2) is 8.51. The zero-order valence-electron chi connectivity index (χ0n) is 11.3. The number of alkyl halides is 1. The van der Waals surface area contributed by atoms with Crippen LogP contribution in [-0.2, 0) is 9.47 Å². The Morgan fingerprint density at radius 2 is 2.06 bits per heavy atom. The van der Waals surface area contributed by atoms with E-state index in [-0.39, 0.29) is 0 Å². The van der Waals surface area contributed by atoms with E-state index in [0.717, 1.165) is 18.5 Å². The molecule has 0 amide bonds. The van der Waals surface area contributed by atoms with Gasteiger partial charge in [0.15, 0.2) is 0 Å². The van der Waals surface area contributed by atoms with Gasteiger partial charge in [-0.25, -0.2) is 0 Å². The summed E-state index contributed by atoms with van der Waals surface area (Å²) in [5.74, 6) is 0. The van der Waals surface area contributed by atoms with E-state index in [4.69, 9.17) is 9.47 Å². The highest BCUT2D eigenvalue weighted by molar-refractivity contribution is 9.09. The van der Waals surface area contributed by atoms with E-state index in [1.807, 2.05) is 0 Å². The normalized spacial score (nSPS) is 26.8. The molecule has 2 aliphatic heterocycles. The predicted octanol–water partition coefficient (Wildman–Crippen LogP) is 2.82. The van der Waals surface area contributed by atoms with E-state index in [2.05, 4.69) is 20.8 Å².